The molecule has 0 aromatic rings. The second-order valence-corrected chi connectivity index (χ2v) is 3.29. The van der Waals surface area contributed by atoms with Gasteiger partial charge < -0.3 is 20.1 Å². The van der Waals surface area contributed by atoms with Crippen molar-refractivity contribution >= 4 is 18.0 Å². The molecule has 17 heavy (non-hydrogen) atoms. The number of ether oxygens (including phenoxy) is 1. The molecule has 2 amide bonds. The molecule has 2 N–H and O–H groups in total. The van der Waals surface area contributed by atoms with E-state index in [1.807, 2.05) is 0 Å². The number of nitrogens with zero attached hydrogens (tertiary/aromatic N) is 1. The Kier molecular flexibility index (Phi) is 6.69. The van der Waals surface area contributed by atoms with Gasteiger partial charge in [0, 0.05) is 6.54 Å². The maximum absolute atomic E-state index is 11.7. The third-order valence-corrected chi connectivity index (χ3v) is 2.28. The number of alkyl carbamates (subject to hydrolysis) is 1. The zero-order chi connectivity index (χ0) is 13.4. The van der Waals surface area contributed by atoms with Crippen LogP contribution in [-0.2, 0) is 14.3 Å². The lowest BCUT2D eigenvalue weighted by molar-refractivity contribution is -0.149. The van der Waals surface area contributed by atoms with E-state index in [1.54, 1.807) is 13.8 Å². The quantitative estimate of drug-likeness (QED) is 0.690. The normalized spacial score (nSPS) is 11.5. The minimum Gasteiger partial charge on any atom is -0.480 e. The molecule has 0 spiro atoms. The number of likely N-dealkylation sites (N-methyl/N-ethyl adjacent to an activating group) is 1. The lowest BCUT2D eigenvalue weighted by Gasteiger charge is -2.26. The molecule has 0 heterocycles. The molecule has 1 unspecified atom stereocenters. The molecule has 0 aliphatic rings. The molecule has 0 saturated heterocycles. The van der Waals surface area contributed by atoms with Crippen LogP contribution in [-0.4, -0.2) is 54.2 Å². The highest BCUT2D eigenvalue weighted by atomic mass is 16.5. The van der Waals surface area contributed by atoms with E-state index < -0.39 is 24.0 Å². The summed E-state index contributed by atoms with van der Waals surface area (Å²) in [5, 5.41) is 11.2. The first-order valence-electron chi connectivity index (χ1n) is 5.31. The smallest absolute Gasteiger partial charge is 0.407 e. The van der Waals surface area contributed by atoms with Crippen LogP contribution in [0.1, 0.15) is 20.3 Å². The largest absolute Gasteiger partial charge is 0.480 e. The molecule has 0 aliphatic heterocycles. The molecule has 7 heteroatoms. The summed E-state index contributed by atoms with van der Waals surface area (Å²) in [5.41, 5.74) is 0. The van der Waals surface area contributed by atoms with Crippen LogP contribution in [0.5, 0.6) is 0 Å². The lowest BCUT2D eigenvalue weighted by Crippen LogP contribution is -2.48. The minimum atomic E-state index is -1.05. The van der Waals surface area contributed by atoms with E-state index in [4.69, 9.17) is 5.11 Å². The Morgan fingerprint density at radius 2 is 1.94 bits per heavy atom. The average Bonchev–Trinajstić information content (AvgIpc) is 2.31. The van der Waals surface area contributed by atoms with Crippen LogP contribution in [0.3, 0.4) is 0 Å². The summed E-state index contributed by atoms with van der Waals surface area (Å²) in [6, 6.07) is -0.869. The SMILES string of the molecule is CCC(C(=O)O)N(CC)C(=O)CNC(=O)OC. The molecule has 0 saturated carbocycles. The average molecular weight is 246 g/mol. The predicted molar refractivity (Wildman–Crippen MR) is 59.5 cm³/mol. The van der Waals surface area contributed by atoms with Crippen molar-refractivity contribution in [3.8, 4) is 0 Å². The van der Waals surface area contributed by atoms with Gasteiger partial charge in [0.25, 0.3) is 0 Å². The highest BCUT2D eigenvalue weighted by Crippen LogP contribution is 2.04. The van der Waals surface area contributed by atoms with Crippen molar-refractivity contribution in [3.63, 3.8) is 0 Å². The second-order valence-electron chi connectivity index (χ2n) is 3.29. The molecule has 0 rings (SSSR count). The summed E-state index contributed by atoms with van der Waals surface area (Å²) in [7, 11) is 1.18. The first-order valence-corrected chi connectivity index (χ1v) is 5.31. The van der Waals surface area contributed by atoms with Crippen molar-refractivity contribution in [2.75, 3.05) is 20.2 Å². The van der Waals surface area contributed by atoms with Crippen molar-refractivity contribution in [1.29, 1.82) is 0 Å². The zero-order valence-electron chi connectivity index (χ0n) is 10.2. The van der Waals surface area contributed by atoms with Crippen LogP contribution in [0.15, 0.2) is 0 Å². The molecule has 0 radical (unpaired) electrons. The monoisotopic (exact) mass is 246 g/mol. The van der Waals surface area contributed by atoms with Crippen molar-refractivity contribution in [2.24, 2.45) is 0 Å². The molecular weight excluding hydrogens is 228 g/mol. The lowest BCUT2D eigenvalue weighted by atomic mass is 10.2. The maximum Gasteiger partial charge on any atom is 0.407 e. The summed E-state index contributed by atoms with van der Waals surface area (Å²) in [5.74, 6) is -1.51. The van der Waals surface area contributed by atoms with Gasteiger partial charge in [-0.25, -0.2) is 9.59 Å². The van der Waals surface area contributed by atoms with Crippen LogP contribution in [0.25, 0.3) is 0 Å². The van der Waals surface area contributed by atoms with Gasteiger partial charge in [0.15, 0.2) is 0 Å². The number of nitrogens with one attached hydrogen (secondary N) is 1. The molecule has 98 valence electrons. The Morgan fingerprint density at radius 1 is 1.35 bits per heavy atom. The number of hydrogen-bond donors (Lipinski definition) is 2. The molecular formula is C10H18N2O5. The van der Waals surface area contributed by atoms with E-state index in [0.29, 0.717) is 6.42 Å². The van der Waals surface area contributed by atoms with Gasteiger partial charge in [0.2, 0.25) is 5.91 Å². The van der Waals surface area contributed by atoms with Crippen molar-refractivity contribution < 1.29 is 24.2 Å². The molecule has 0 bridgehead atoms. The van der Waals surface area contributed by atoms with Gasteiger partial charge in [-0.15, -0.1) is 0 Å². The number of aliphatic carboxylic acids is 1. The number of methoxy groups -OCH3 is 1. The number of carbonyl (C=O) groups excluding carboxylic acids is 2. The Labute approximate surface area is 99.7 Å². The van der Waals surface area contributed by atoms with Gasteiger partial charge in [0.05, 0.1) is 7.11 Å². The van der Waals surface area contributed by atoms with Crippen molar-refractivity contribution in [2.45, 2.75) is 26.3 Å². The van der Waals surface area contributed by atoms with Crippen LogP contribution in [0.2, 0.25) is 0 Å². The standard InChI is InChI=1S/C10H18N2O5/c1-4-7(9(14)15)12(5-2)8(13)6-11-10(16)17-3/h7H,4-6H2,1-3H3,(H,11,16)(H,14,15). The van der Waals surface area contributed by atoms with E-state index in [-0.39, 0.29) is 13.1 Å². The van der Waals surface area contributed by atoms with Gasteiger partial charge in [-0.3, -0.25) is 4.79 Å². The Morgan fingerprint density at radius 3 is 2.29 bits per heavy atom. The fraction of sp³-hybridized carbons (Fsp3) is 0.700. The number of amides is 2. The third kappa shape index (κ3) is 4.71. The van der Waals surface area contributed by atoms with E-state index >= 15 is 0 Å². The number of carboxylic acid groups (broad SMARTS) is 1. The Balaban J connectivity index is 4.48. The summed E-state index contributed by atoms with van der Waals surface area (Å²) in [6.45, 7) is 3.36. The zero-order valence-corrected chi connectivity index (χ0v) is 10.2. The van der Waals surface area contributed by atoms with Crippen molar-refractivity contribution in [3.05, 3.63) is 0 Å². The summed E-state index contributed by atoms with van der Waals surface area (Å²) < 4.78 is 4.31. The minimum absolute atomic E-state index is 0.270. The molecule has 0 fully saturated rings. The van der Waals surface area contributed by atoms with E-state index in [0.717, 1.165) is 0 Å². The Hall–Kier alpha value is -1.79. The van der Waals surface area contributed by atoms with E-state index in [2.05, 4.69) is 10.1 Å². The van der Waals surface area contributed by atoms with Gasteiger partial charge in [-0.2, -0.15) is 0 Å². The second kappa shape index (κ2) is 7.48. The van der Waals surface area contributed by atoms with Gasteiger partial charge in [0.1, 0.15) is 12.6 Å². The highest BCUT2D eigenvalue weighted by Gasteiger charge is 2.26. The topological polar surface area (TPSA) is 95.9 Å². The van der Waals surface area contributed by atoms with Crippen LogP contribution in [0, 0.1) is 0 Å². The molecule has 1 atom stereocenters. The van der Waals surface area contributed by atoms with Crippen LogP contribution >= 0.6 is 0 Å². The molecule has 7 nitrogen and oxygen atoms in total. The van der Waals surface area contributed by atoms with E-state index in [1.165, 1.54) is 12.0 Å². The number of carboxylic acids is 1. The number of rotatable bonds is 6. The first kappa shape index (κ1) is 15.2. The molecule has 0 aromatic heterocycles. The first-order chi connectivity index (χ1) is 7.97. The number of hydrogen-bond acceptors (Lipinski definition) is 4. The maximum atomic E-state index is 11.7. The summed E-state index contributed by atoms with van der Waals surface area (Å²) in [4.78, 5) is 34.6. The summed E-state index contributed by atoms with van der Waals surface area (Å²) >= 11 is 0. The predicted octanol–water partition coefficient (Wildman–Crippen LogP) is 0.0541. The van der Waals surface area contributed by atoms with Crippen LogP contribution < -0.4 is 5.32 Å². The fourth-order valence-electron chi connectivity index (χ4n) is 1.42. The fourth-order valence-corrected chi connectivity index (χ4v) is 1.42. The van der Waals surface area contributed by atoms with Gasteiger partial charge >= 0.3 is 12.1 Å². The molecule has 0 aliphatic carbocycles. The molecule has 0 aromatic carbocycles. The highest BCUT2D eigenvalue weighted by molar-refractivity contribution is 5.86. The van der Waals surface area contributed by atoms with Crippen molar-refractivity contribution in [1.82, 2.24) is 10.2 Å². The van der Waals surface area contributed by atoms with E-state index in [9.17, 15) is 14.4 Å². The third-order valence-electron chi connectivity index (χ3n) is 2.28. The Bertz CT molecular complexity index is 292. The summed E-state index contributed by atoms with van der Waals surface area (Å²) in [6.07, 6.45) is -0.412. The van der Waals surface area contributed by atoms with Crippen LogP contribution in [0.4, 0.5) is 4.79 Å². The van der Waals surface area contributed by atoms with Gasteiger partial charge in [-0.1, -0.05) is 6.92 Å². The number of carbonyl (C=O) groups is 3. The van der Waals surface area contributed by atoms with Gasteiger partial charge in [-0.05, 0) is 13.3 Å².